The average Bonchev–Trinajstić information content (AvgIpc) is 2.57. The van der Waals surface area contributed by atoms with Gasteiger partial charge >= 0.3 is 5.97 Å². The molecule has 0 unspecified atom stereocenters. The molecule has 0 heterocycles. The number of carbonyl (C=O) groups is 3. The van der Waals surface area contributed by atoms with Gasteiger partial charge in [-0.05, 0) is 74.5 Å². The molecule has 0 atom stereocenters. The van der Waals surface area contributed by atoms with Crippen LogP contribution >= 0.6 is 0 Å². The van der Waals surface area contributed by atoms with Crippen LogP contribution in [0.3, 0.4) is 0 Å². The number of unbranched alkanes of at least 4 members (excludes halogenated alkanes) is 1. The standard InChI is InChI=1S/C20H32N2O4/c1-26-19(25)4-2-3-5-21-18(24)13-22-17(23)12-20-9-14-6-15(10-20)8-16(7-14)11-20/h14-16H,2-13H2,1H3,(H,21,24)(H,22,23). The Labute approximate surface area is 155 Å². The van der Waals surface area contributed by atoms with Crippen molar-refractivity contribution in [3.05, 3.63) is 0 Å². The first-order chi connectivity index (χ1) is 12.5. The molecule has 0 aromatic rings. The lowest BCUT2D eigenvalue weighted by atomic mass is 9.49. The van der Waals surface area contributed by atoms with E-state index < -0.39 is 0 Å². The van der Waals surface area contributed by atoms with Crippen LogP contribution in [-0.2, 0) is 19.1 Å². The first-order valence-electron chi connectivity index (χ1n) is 10.1. The number of nitrogens with one attached hydrogen (secondary N) is 2. The van der Waals surface area contributed by atoms with Gasteiger partial charge in [0.15, 0.2) is 0 Å². The average molecular weight is 364 g/mol. The zero-order valence-electron chi connectivity index (χ0n) is 15.9. The number of hydrogen-bond acceptors (Lipinski definition) is 4. The molecule has 2 amide bonds. The summed E-state index contributed by atoms with van der Waals surface area (Å²) in [5.41, 5.74) is 0.212. The van der Waals surface area contributed by atoms with Gasteiger partial charge in [-0.1, -0.05) is 0 Å². The Kier molecular flexibility index (Phi) is 6.20. The van der Waals surface area contributed by atoms with Crippen LogP contribution in [0.25, 0.3) is 0 Å². The molecule has 4 rings (SSSR count). The Morgan fingerprint density at radius 3 is 2.12 bits per heavy atom. The van der Waals surface area contributed by atoms with Crippen molar-refractivity contribution in [3.63, 3.8) is 0 Å². The quantitative estimate of drug-likeness (QED) is 0.485. The lowest BCUT2D eigenvalue weighted by Crippen LogP contribution is -2.48. The van der Waals surface area contributed by atoms with Crippen molar-refractivity contribution in [3.8, 4) is 0 Å². The van der Waals surface area contributed by atoms with Crippen molar-refractivity contribution < 1.29 is 19.1 Å². The second-order valence-corrected chi connectivity index (χ2v) is 8.75. The number of ether oxygens (including phenoxy) is 1. The normalized spacial score (nSPS) is 31.5. The van der Waals surface area contributed by atoms with Gasteiger partial charge in [-0.3, -0.25) is 14.4 Å². The fourth-order valence-corrected chi connectivity index (χ4v) is 5.88. The van der Waals surface area contributed by atoms with Crippen LogP contribution in [-0.4, -0.2) is 38.0 Å². The van der Waals surface area contributed by atoms with Crippen LogP contribution in [0.1, 0.15) is 64.2 Å². The van der Waals surface area contributed by atoms with Crippen LogP contribution in [0.5, 0.6) is 0 Å². The number of hydrogen-bond donors (Lipinski definition) is 2. The van der Waals surface area contributed by atoms with Crippen molar-refractivity contribution in [2.75, 3.05) is 20.2 Å². The van der Waals surface area contributed by atoms with E-state index in [-0.39, 0.29) is 29.7 Å². The van der Waals surface area contributed by atoms with Gasteiger partial charge in [-0.2, -0.15) is 0 Å². The molecular weight excluding hydrogens is 332 g/mol. The molecule has 4 saturated carbocycles. The summed E-state index contributed by atoms with van der Waals surface area (Å²) in [6.45, 7) is 0.558. The van der Waals surface area contributed by atoms with E-state index in [1.807, 2.05) is 0 Å². The molecular formula is C20H32N2O4. The molecule has 6 nitrogen and oxygen atoms in total. The van der Waals surface area contributed by atoms with E-state index in [4.69, 9.17) is 0 Å². The second kappa shape index (κ2) is 8.40. The summed E-state index contributed by atoms with van der Waals surface area (Å²) in [5, 5.41) is 5.58. The number of amides is 2. The number of carbonyl (C=O) groups excluding carboxylic acids is 3. The second-order valence-electron chi connectivity index (χ2n) is 8.75. The summed E-state index contributed by atoms with van der Waals surface area (Å²) in [6, 6.07) is 0. The summed E-state index contributed by atoms with van der Waals surface area (Å²) < 4.78 is 4.57. The first kappa shape index (κ1) is 19.2. The summed E-state index contributed by atoms with van der Waals surface area (Å²) in [5.74, 6) is 2.13. The van der Waals surface area contributed by atoms with Gasteiger partial charge in [0.05, 0.1) is 13.7 Å². The summed E-state index contributed by atoms with van der Waals surface area (Å²) in [4.78, 5) is 35.2. The van der Waals surface area contributed by atoms with Gasteiger partial charge in [0.25, 0.3) is 0 Å². The highest BCUT2D eigenvalue weighted by Gasteiger charge is 2.51. The number of esters is 1. The van der Waals surface area contributed by atoms with Crippen molar-refractivity contribution in [2.24, 2.45) is 23.2 Å². The third kappa shape index (κ3) is 4.98. The fourth-order valence-electron chi connectivity index (χ4n) is 5.88. The summed E-state index contributed by atoms with van der Waals surface area (Å²) in [7, 11) is 1.37. The van der Waals surface area contributed by atoms with Crippen molar-refractivity contribution >= 4 is 17.8 Å². The van der Waals surface area contributed by atoms with E-state index in [1.165, 1.54) is 45.6 Å². The number of rotatable bonds is 9. The fraction of sp³-hybridized carbons (Fsp3) is 0.850. The SMILES string of the molecule is COC(=O)CCCCNC(=O)CNC(=O)CC12CC3CC(CC(C3)C1)C2. The van der Waals surface area contributed by atoms with Gasteiger partial charge in [0.1, 0.15) is 0 Å². The molecule has 146 valence electrons. The molecule has 0 aliphatic heterocycles. The maximum atomic E-state index is 12.4. The highest BCUT2D eigenvalue weighted by atomic mass is 16.5. The summed E-state index contributed by atoms with van der Waals surface area (Å²) >= 11 is 0. The largest absolute Gasteiger partial charge is 0.469 e. The Bertz CT molecular complexity index is 511. The molecule has 0 saturated heterocycles. The molecule has 4 bridgehead atoms. The predicted octanol–water partition coefficient (Wildman–Crippen LogP) is 2.17. The lowest BCUT2D eigenvalue weighted by Gasteiger charge is -2.56. The highest BCUT2D eigenvalue weighted by molar-refractivity contribution is 5.84. The van der Waals surface area contributed by atoms with E-state index in [2.05, 4.69) is 15.4 Å². The third-order valence-electron chi connectivity index (χ3n) is 6.50. The third-order valence-corrected chi connectivity index (χ3v) is 6.50. The molecule has 4 aliphatic carbocycles. The Morgan fingerprint density at radius 2 is 1.54 bits per heavy atom. The molecule has 0 spiro atoms. The summed E-state index contributed by atoms with van der Waals surface area (Å²) in [6.07, 6.45) is 10.1. The van der Waals surface area contributed by atoms with Gasteiger partial charge < -0.3 is 15.4 Å². The Morgan fingerprint density at radius 1 is 0.923 bits per heavy atom. The Hall–Kier alpha value is -1.59. The number of methoxy groups -OCH3 is 1. The maximum Gasteiger partial charge on any atom is 0.305 e. The molecule has 6 heteroatoms. The smallest absolute Gasteiger partial charge is 0.305 e. The maximum absolute atomic E-state index is 12.4. The molecule has 4 aliphatic rings. The first-order valence-corrected chi connectivity index (χ1v) is 10.1. The highest BCUT2D eigenvalue weighted by Crippen LogP contribution is 2.61. The molecule has 2 N–H and O–H groups in total. The van der Waals surface area contributed by atoms with Crippen molar-refractivity contribution in [1.82, 2.24) is 10.6 Å². The molecule has 0 aromatic carbocycles. The van der Waals surface area contributed by atoms with Crippen LogP contribution < -0.4 is 10.6 Å². The van der Waals surface area contributed by atoms with E-state index in [1.54, 1.807) is 0 Å². The zero-order valence-corrected chi connectivity index (χ0v) is 15.9. The topological polar surface area (TPSA) is 84.5 Å². The zero-order chi connectivity index (χ0) is 18.6. The predicted molar refractivity (Wildman–Crippen MR) is 97.1 cm³/mol. The molecule has 0 aromatic heterocycles. The molecule has 0 radical (unpaired) electrons. The van der Waals surface area contributed by atoms with Crippen molar-refractivity contribution in [2.45, 2.75) is 64.2 Å². The van der Waals surface area contributed by atoms with Gasteiger partial charge in [0, 0.05) is 19.4 Å². The minimum atomic E-state index is -0.228. The van der Waals surface area contributed by atoms with Crippen LogP contribution in [0.15, 0.2) is 0 Å². The van der Waals surface area contributed by atoms with E-state index >= 15 is 0 Å². The van der Waals surface area contributed by atoms with Gasteiger partial charge in [-0.25, -0.2) is 0 Å². The minimum Gasteiger partial charge on any atom is -0.469 e. The van der Waals surface area contributed by atoms with Crippen LogP contribution in [0.4, 0.5) is 0 Å². The monoisotopic (exact) mass is 364 g/mol. The van der Waals surface area contributed by atoms with Crippen LogP contribution in [0, 0.1) is 23.2 Å². The van der Waals surface area contributed by atoms with E-state index in [0.717, 1.165) is 24.2 Å². The van der Waals surface area contributed by atoms with Crippen LogP contribution in [0.2, 0.25) is 0 Å². The van der Waals surface area contributed by atoms with Crippen molar-refractivity contribution in [1.29, 1.82) is 0 Å². The minimum absolute atomic E-state index is 0.0211. The lowest BCUT2D eigenvalue weighted by molar-refractivity contribution is -0.140. The van der Waals surface area contributed by atoms with E-state index in [9.17, 15) is 14.4 Å². The van der Waals surface area contributed by atoms with E-state index in [0.29, 0.717) is 25.8 Å². The molecule has 26 heavy (non-hydrogen) atoms. The van der Waals surface area contributed by atoms with Gasteiger partial charge in [-0.15, -0.1) is 0 Å². The van der Waals surface area contributed by atoms with Gasteiger partial charge in [0.2, 0.25) is 11.8 Å². The molecule has 4 fully saturated rings. The Balaban J connectivity index is 1.30.